The van der Waals surface area contributed by atoms with Crippen molar-refractivity contribution in [3.63, 3.8) is 0 Å². The van der Waals surface area contributed by atoms with Gasteiger partial charge in [0.25, 0.3) is 5.91 Å². The van der Waals surface area contributed by atoms with Gasteiger partial charge in [0.05, 0.1) is 25.1 Å². The molecule has 0 radical (unpaired) electrons. The number of ether oxygens (including phenoxy) is 2. The van der Waals surface area contributed by atoms with Crippen molar-refractivity contribution in [3.8, 4) is 17.5 Å². The van der Waals surface area contributed by atoms with Crippen molar-refractivity contribution in [3.05, 3.63) is 42.2 Å². The van der Waals surface area contributed by atoms with Gasteiger partial charge in [0.2, 0.25) is 5.69 Å². The number of amides is 1. The van der Waals surface area contributed by atoms with E-state index < -0.39 is 23.5 Å². The lowest BCUT2D eigenvalue weighted by molar-refractivity contribution is -0.130. The number of nitrogens with zero attached hydrogens (tertiary/aromatic N) is 3. The molecule has 1 aliphatic rings. The molecule has 1 saturated carbocycles. The molecule has 1 aromatic carbocycles. The molecule has 152 valence electrons. The standard InChI is InChI=1S/C21H24N4O4/c1-15(19(26)23-21(14-22)11-7-4-8-12-21)29-20(27)18-17(28-2)13-25(24-18)16-9-5-3-6-10-16/h3,5-6,9-10,13,15H,4,7-8,11-12H2,1-2H3,(H,23,26)/t15-/m0/s1. The molecule has 1 fully saturated rings. The summed E-state index contributed by atoms with van der Waals surface area (Å²) in [7, 11) is 1.43. The van der Waals surface area contributed by atoms with Gasteiger partial charge in [-0.25, -0.2) is 9.48 Å². The molecule has 2 aromatic rings. The SMILES string of the molecule is COc1cn(-c2ccccc2)nc1C(=O)O[C@@H](C)C(=O)NC1(C#N)CCCCC1. The minimum atomic E-state index is -1.07. The average molecular weight is 396 g/mol. The first-order valence-corrected chi connectivity index (χ1v) is 9.61. The van der Waals surface area contributed by atoms with Gasteiger partial charge in [-0.15, -0.1) is 0 Å². The number of esters is 1. The van der Waals surface area contributed by atoms with Crippen molar-refractivity contribution in [2.45, 2.75) is 50.7 Å². The Balaban J connectivity index is 1.70. The van der Waals surface area contributed by atoms with Gasteiger partial charge in [-0.3, -0.25) is 4.79 Å². The Hall–Kier alpha value is -3.34. The summed E-state index contributed by atoms with van der Waals surface area (Å²) in [6.45, 7) is 1.47. The summed E-state index contributed by atoms with van der Waals surface area (Å²) >= 11 is 0. The summed E-state index contributed by atoms with van der Waals surface area (Å²) in [6.07, 6.45) is 4.53. The molecule has 3 rings (SSSR count). The molecule has 29 heavy (non-hydrogen) atoms. The van der Waals surface area contributed by atoms with Gasteiger partial charge in [-0.1, -0.05) is 37.5 Å². The third kappa shape index (κ3) is 4.57. The summed E-state index contributed by atoms with van der Waals surface area (Å²) in [5, 5.41) is 16.5. The van der Waals surface area contributed by atoms with Crippen LogP contribution in [0.25, 0.3) is 5.69 Å². The van der Waals surface area contributed by atoms with Crippen molar-refractivity contribution in [2.75, 3.05) is 7.11 Å². The van der Waals surface area contributed by atoms with Crippen LogP contribution in [0.3, 0.4) is 0 Å². The number of carbonyl (C=O) groups is 2. The second-order valence-corrected chi connectivity index (χ2v) is 7.12. The average Bonchev–Trinajstić information content (AvgIpc) is 3.19. The molecule has 1 aliphatic carbocycles. The highest BCUT2D eigenvalue weighted by atomic mass is 16.6. The number of hydrogen-bond donors (Lipinski definition) is 1. The third-order valence-corrected chi connectivity index (χ3v) is 5.05. The fourth-order valence-corrected chi connectivity index (χ4v) is 3.39. The zero-order chi connectivity index (χ0) is 20.9. The maximum Gasteiger partial charge on any atom is 0.363 e. The van der Waals surface area contributed by atoms with Gasteiger partial charge in [-0.05, 0) is 31.9 Å². The Labute approximate surface area is 169 Å². The van der Waals surface area contributed by atoms with Gasteiger partial charge in [-0.2, -0.15) is 10.4 Å². The van der Waals surface area contributed by atoms with E-state index in [1.807, 2.05) is 30.3 Å². The summed E-state index contributed by atoms with van der Waals surface area (Å²) in [5.41, 5.74) is -0.157. The molecule has 0 saturated heterocycles. The monoisotopic (exact) mass is 396 g/mol. The number of benzene rings is 1. The molecule has 0 aliphatic heterocycles. The zero-order valence-corrected chi connectivity index (χ0v) is 16.6. The topological polar surface area (TPSA) is 106 Å². The van der Waals surface area contributed by atoms with E-state index >= 15 is 0 Å². The lowest BCUT2D eigenvalue weighted by Gasteiger charge is -2.32. The van der Waals surface area contributed by atoms with Gasteiger partial charge in [0.15, 0.2) is 11.9 Å². The Morgan fingerprint density at radius 2 is 1.93 bits per heavy atom. The van der Waals surface area contributed by atoms with Gasteiger partial charge in [0.1, 0.15) is 5.54 Å². The van der Waals surface area contributed by atoms with E-state index in [1.54, 1.807) is 6.20 Å². The van der Waals surface area contributed by atoms with Crippen molar-refractivity contribution < 1.29 is 19.1 Å². The molecule has 8 heteroatoms. The first-order chi connectivity index (χ1) is 14.0. The van der Waals surface area contributed by atoms with Crippen LogP contribution in [0.15, 0.2) is 36.5 Å². The number of aromatic nitrogens is 2. The van der Waals surface area contributed by atoms with Crippen LogP contribution in [-0.4, -0.2) is 40.4 Å². The van der Waals surface area contributed by atoms with Gasteiger partial charge >= 0.3 is 5.97 Å². The highest BCUT2D eigenvalue weighted by molar-refractivity contribution is 5.93. The highest BCUT2D eigenvalue weighted by Crippen LogP contribution is 2.28. The van der Waals surface area contributed by atoms with Crippen molar-refractivity contribution in [2.24, 2.45) is 0 Å². The molecular formula is C21H24N4O4. The molecule has 0 bridgehead atoms. The number of para-hydroxylation sites is 1. The minimum Gasteiger partial charge on any atom is -0.493 e. The number of methoxy groups -OCH3 is 1. The summed E-state index contributed by atoms with van der Waals surface area (Å²) < 4.78 is 12.0. The van der Waals surface area contributed by atoms with Crippen molar-refractivity contribution >= 4 is 11.9 Å². The normalized spacial score (nSPS) is 16.3. The Bertz CT molecular complexity index is 911. The maximum absolute atomic E-state index is 12.6. The third-order valence-electron chi connectivity index (χ3n) is 5.05. The first kappa shape index (κ1) is 20.4. The number of rotatable bonds is 6. The molecule has 1 N–H and O–H groups in total. The summed E-state index contributed by atoms with van der Waals surface area (Å²) in [5.74, 6) is -1.02. The number of nitrogens with one attached hydrogen (secondary N) is 1. The van der Waals surface area contributed by atoms with Crippen LogP contribution in [0.1, 0.15) is 49.5 Å². The van der Waals surface area contributed by atoms with Crippen LogP contribution in [0.4, 0.5) is 0 Å². The molecule has 1 atom stereocenters. The fraction of sp³-hybridized carbons (Fsp3) is 0.429. The molecule has 1 amide bonds. The Morgan fingerprint density at radius 3 is 2.55 bits per heavy atom. The highest BCUT2D eigenvalue weighted by Gasteiger charge is 2.36. The van der Waals surface area contributed by atoms with Crippen LogP contribution in [0, 0.1) is 11.3 Å². The minimum absolute atomic E-state index is 0.0244. The van der Waals surface area contributed by atoms with E-state index in [4.69, 9.17) is 9.47 Å². The van der Waals surface area contributed by atoms with Crippen LogP contribution < -0.4 is 10.1 Å². The molecule has 0 spiro atoms. The lowest BCUT2D eigenvalue weighted by Crippen LogP contribution is -2.52. The maximum atomic E-state index is 12.6. The molecular weight excluding hydrogens is 372 g/mol. The number of nitriles is 1. The van der Waals surface area contributed by atoms with Crippen LogP contribution >= 0.6 is 0 Å². The largest absolute Gasteiger partial charge is 0.493 e. The molecule has 8 nitrogen and oxygen atoms in total. The molecule has 0 unspecified atom stereocenters. The van der Waals surface area contributed by atoms with E-state index in [2.05, 4.69) is 16.5 Å². The molecule has 1 heterocycles. The van der Waals surface area contributed by atoms with Crippen molar-refractivity contribution in [1.29, 1.82) is 5.26 Å². The smallest absolute Gasteiger partial charge is 0.363 e. The van der Waals surface area contributed by atoms with Gasteiger partial charge in [0, 0.05) is 0 Å². The molecule has 1 aromatic heterocycles. The first-order valence-electron chi connectivity index (χ1n) is 9.61. The van der Waals surface area contributed by atoms with Crippen molar-refractivity contribution in [1.82, 2.24) is 15.1 Å². The Morgan fingerprint density at radius 1 is 1.24 bits per heavy atom. The second-order valence-electron chi connectivity index (χ2n) is 7.12. The van der Waals surface area contributed by atoms with E-state index in [0.29, 0.717) is 12.8 Å². The second kappa shape index (κ2) is 8.78. The number of carbonyl (C=O) groups excluding carboxylic acids is 2. The Kier molecular flexibility index (Phi) is 6.17. The van der Waals surface area contributed by atoms with Crippen LogP contribution in [0.5, 0.6) is 5.75 Å². The quantitative estimate of drug-likeness (QED) is 0.753. The van der Waals surface area contributed by atoms with E-state index in [1.165, 1.54) is 18.7 Å². The van der Waals surface area contributed by atoms with Crippen LogP contribution in [0.2, 0.25) is 0 Å². The van der Waals surface area contributed by atoms with Crippen LogP contribution in [-0.2, 0) is 9.53 Å². The summed E-state index contributed by atoms with van der Waals surface area (Å²) in [6, 6.07) is 11.5. The summed E-state index contributed by atoms with van der Waals surface area (Å²) in [4.78, 5) is 25.1. The zero-order valence-electron chi connectivity index (χ0n) is 16.6. The van der Waals surface area contributed by atoms with E-state index in [9.17, 15) is 14.9 Å². The van der Waals surface area contributed by atoms with Gasteiger partial charge < -0.3 is 14.8 Å². The van der Waals surface area contributed by atoms with E-state index in [-0.39, 0.29) is 11.4 Å². The lowest BCUT2D eigenvalue weighted by atomic mass is 9.83. The fourth-order valence-electron chi connectivity index (χ4n) is 3.39. The predicted molar refractivity (Wildman–Crippen MR) is 105 cm³/mol. The van der Waals surface area contributed by atoms with E-state index in [0.717, 1.165) is 24.9 Å². The predicted octanol–water partition coefficient (Wildman–Crippen LogP) is 2.77. The number of hydrogen-bond acceptors (Lipinski definition) is 6.